The molecule has 0 N–H and O–H groups in total. The number of nitrogens with zero attached hydrogens (tertiary/aromatic N) is 2. The Kier molecular flexibility index (Phi) is 3.67. The molecule has 0 fully saturated rings. The Bertz CT molecular complexity index is 662. The largest absolute Gasteiger partial charge is 0.481 e. The first-order chi connectivity index (χ1) is 8.67. The molecule has 2 heterocycles. The lowest BCUT2D eigenvalue weighted by Crippen LogP contribution is -2.20. The van der Waals surface area contributed by atoms with Crippen molar-refractivity contribution in [1.29, 1.82) is 0 Å². The highest BCUT2D eigenvalue weighted by Crippen LogP contribution is 2.15. The SMILES string of the molecule is C/C=C/Cc1c(OC)nc2ccc(Cl)cn2c1=O. The molecule has 0 amide bonds. The summed E-state index contributed by atoms with van der Waals surface area (Å²) in [5.41, 5.74) is 0.887. The van der Waals surface area contributed by atoms with Crippen molar-refractivity contribution < 1.29 is 4.74 Å². The zero-order chi connectivity index (χ0) is 13.1. The van der Waals surface area contributed by atoms with Crippen molar-refractivity contribution >= 4 is 17.2 Å². The zero-order valence-electron chi connectivity index (χ0n) is 10.2. The highest BCUT2D eigenvalue weighted by atomic mass is 35.5. The first-order valence-corrected chi connectivity index (χ1v) is 5.91. The zero-order valence-corrected chi connectivity index (χ0v) is 10.9. The minimum atomic E-state index is -0.155. The van der Waals surface area contributed by atoms with Crippen LogP contribution in [0.5, 0.6) is 5.88 Å². The Hall–Kier alpha value is -1.81. The standard InChI is InChI=1S/C13H13ClN2O2/c1-3-4-5-10-12(18-2)15-11-7-6-9(14)8-16(11)13(10)17/h3-4,6-8H,5H2,1-2H3/b4-3+. The molecule has 18 heavy (non-hydrogen) atoms. The summed E-state index contributed by atoms with van der Waals surface area (Å²) in [6.45, 7) is 1.90. The lowest BCUT2D eigenvalue weighted by molar-refractivity contribution is 0.393. The van der Waals surface area contributed by atoms with Crippen LogP contribution in [0, 0.1) is 0 Å². The molecule has 4 nitrogen and oxygen atoms in total. The predicted octanol–water partition coefficient (Wildman–Crippen LogP) is 2.48. The molecule has 0 aliphatic heterocycles. The molecular weight excluding hydrogens is 252 g/mol. The number of ether oxygens (including phenoxy) is 1. The van der Waals surface area contributed by atoms with Crippen molar-refractivity contribution in [3.05, 3.63) is 51.4 Å². The maximum absolute atomic E-state index is 12.3. The monoisotopic (exact) mass is 264 g/mol. The smallest absolute Gasteiger partial charge is 0.265 e. The molecule has 2 aromatic heterocycles. The number of hydrogen-bond acceptors (Lipinski definition) is 3. The first kappa shape index (κ1) is 12.6. The van der Waals surface area contributed by atoms with Gasteiger partial charge in [-0.25, -0.2) is 0 Å². The van der Waals surface area contributed by atoms with E-state index < -0.39 is 0 Å². The molecule has 0 atom stereocenters. The number of aromatic nitrogens is 2. The second-order valence-electron chi connectivity index (χ2n) is 3.75. The Balaban J connectivity index is 2.74. The third-order valence-electron chi connectivity index (χ3n) is 2.59. The van der Waals surface area contributed by atoms with E-state index in [2.05, 4.69) is 4.98 Å². The number of pyridine rings is 1. The van der Waals surface area contributed by atoms with Crippen molar-refractivity contribution in [1.82, 2.24) is 9.38 Å². The Morgan fingerprint density at radius 1 is 1.50 bits per heavy atom. The second-order valence-corrected chi connectivity index (χ2v) is 4.19. The van der Waals surface area contributed by atoms with Gasteiger partial charge in [-0.1, -0.05) is 23.8 Å². The summed E-state index contributed by atoms with van der Waals surface area (Å²) in [6.07, 6.45) is 5.81. The highest BCUT2D eigenvalue weighted by Gasteiger charge is 2.12. The number of fused-ring (bicyclic) bond motifs is 1. The van der Waals surface area contributed by atoms with E-state index in [-0.39, 0.29) is 5.56 Å². The molecule has 0 aliphatic rings. The quantitative estimate of drug-likeness (QED) is 0.800. The summed E-state index contributed by atoms with van der Waals surface area (Å²) in [7, 11) is 1.51. The molecule has 5 heteroatoms. The van der Waals surface area contributed by atoms with Crippen LogP contribution in [0.2, 0.25) is 5.02 Å². The molecule has 0 unspecified atom stereocenters. The number of rotatable bonds is 3. The minimum absolute atomic E-state index is 0.155. The van der Waals surface area contributed by atoms with Crippen LogP contribution in [0.15, 0.2) is 35.3 Å². The summed E-state index contributed by atoms with van der Waals surface area (Å²) in [6, 6.07) is 3.38. The third kappa shape index (κ3) is 2.24. The van der Waals surface area contributed by atoms with E-state index in [9.17, 15) is 4.79 Å². The Labute approximate surface area is 109 Å². The molecule has 0 spiro atoms. The van der Waals surface area contributed by atoms with Crippen LogP contribution >= 0.6 is 11.6 Å². The minimum Gasteiger partial charge on any atom is -0.481 e. The molecule has 0 bridgehead atoms. The van der Waals surface area contributed by atoms with Crippen LogP contribution in [0.1, 0.15) is 12.5 Å². The van der Waals surface area contributed by atoms with Crippen molar-refractivity contribution in [3.63, 3.8) is 0 Å². The van der Waals surface area contributed by atoms with Crippen molar-refractivity contribution in [2.45, 2.75) is 13.3 Å². The second kappa shape index (κ2) is 5.23. The molecule has 94 valence electrons. The van der Waals surface area contributed by atoms with E-state index in [0.717, 1.165) is 0 Å². The summed E-state index contributed by atoms with van der Waals surface area (Å²) in [5, 5.41) is 0.494. The van der Waals surface area contributed by atoms with Crippen LogP contribution in [0.3, 0.4) is 0 Å². The molecule has 0 saturated carbocycles. The van der Waals surface area contributed by atoms with Gasteiger partial charge in [0.15, 0.2) is 0 Å². The maximum Gasteiger partial charge on any atom is 0.265 e. The molecule has 2 rings (SSSR count). The number of methoxy groups -OCH3 is 1. The van der Waals surface area contributed by atoms with Gasteiger partial charge in [0.2, 0.25) is 5.88 Å². The molecule has 0 aromatic carbocycles. The fourth-order valence-corrected chi connectivity index (χ4v) is 1.87. The van der Waals surface area contributed by atoms with Gasteiger partial charge < -0.3 is 4.74 Å². The lowest BCUT2D eigenvalue weighted by atomic mass is 10.2. The maximum atomic E-state index is 12.3. The highest BCUT2D eigenvalue weighted by molar-refractivity contribution is 6.30. The van der Waals surface area contributed by atoms with E-state index in [0.29, 0.717) is 28.5 Å². The Morgan fingerprint density at radius 3 is 2.94 bits per heavy atom. The summed E-state index contributed by atoms with van der Waals surface area (Å²) in [5.74, 6) is 0.362. The predicted molar refractivity (Wildman–Crippen MR) is 71.5 cm³/mol. The summed E-state index contributed by atoms with van der Waals surface area (Å²) < 4.78 is 6.60. The number of allylic oxidation sites excluding steroid dienone is 2. The van der Waals surface area contributed by atoms with Gasteiger partial charge in [0.25, 0.3) is 5.56 Å². The normalized spacial score (nSPS) is 11.3. The fourth-order valence-electron chi connectivity index (χ4n) is 1.71. The molecule has 0 aliphatic carbocycles. The number of hydrogen-bond donors (Lipinski definition) is 0. The van der Waals surface area contributed by atoms with Crippen LogP contribution < -0.4 is 10.3 Å². The van der Waals surface area contributed by atoms with E-state index in [1.54, 1.807) is 18.3 Å². The van der Waals surface area contributed by atoms with Crippen molar-refractivity contribution in [2.24, 2.45) is 0 Å². The van der Waals surface area contributed by atoms with E-state index in [4.69, 9.17) is 16.3 Å². The van der Waals surface area contributed by atoms with Gasteiger partial charge in [-0.15, -0.1) is 0 Å². The van der Waals surface area contributed by atoms with E-state index in [1.165, 1.54) is 11.5 Å². The first-order valence-electron chi connectivity index (χ1n) is 5.53. The topological polar surface area (TPSA) is 43.6 Å². The van der Waals surface area contributed by atoms with Crippen LogP contribution in [0.25, 0.3) is 5.65 Å². The average Bonchev–Trinajstić information content (AvgIpc) is 2.38. The lowest BCUT2D eigenvalue weighted by Gasteiger charge is -2.08. The summed E-state index contributed by atoms with van der Waals surface area (Å²) >= 11 is 5.89. The molecular formula is C13H13ClN2O2. The van der Waals surface area contributed by atoms with Gasteiger partial charge >= 0.3 is 0 Å². The van der Waals surface area contributed by atoms with Crippen LogP contribution in [-0.4, -0.2) is 16.5 Å². The van der Waals surface area contributed by atoms with E-state index in [1.807, 2.05) is 19.1 Å². The van der Waals surface area contributed by atoms with Gasteiger partial charge in [0, 0.05) is 12.6 Å². The fraction of sp³-hybridized carbons (Fsp3) is 0.231. The van der Waals surface area contributed by atoms with Gasteiger partial charge in [-0.3, -0.25) is 9.20 Å². The summed E-state index contributed by atoms with van der Waals surface area (Å²) in [4.78, 5) is 16.6. The van der Waals surface area contributed by atoms with Gasteiger partial charge in [0.1, 0.15) is 5.65 Å². The van der Waals surface area contributed by atoms with Crippen LogP contribution in [0.4, 0.5) is 0 Å². The van der Waals surface area contributed by atoms with Gasteiger partial charge in [-0.05, 0) is 19.1 Å². The van der Waals surface area contributed by atoms with Gasteiger partial charge in [-0.2, -0.15) is 4.98 Å². The molecule has 2 aromatic rings. The van der Waals surface area contributed by atoms with Crippen LogP contribution in [-0.2, 0) is 6.42 Å². The number of halogens is 1. The van der Waals surface area contributed by atoms with Crippen molar-refractivity contribution in [2.75, 3.05) is 7.11 Å². The Morgan fingerprint density at radius 2 is 2.28 bits per heavy atom. The van der Waals surface area contributed by atoms with Crippen molar-refractivity contribution in [3.8, 4) is 5.88 Å². The van der Waals surface area contributed by atoms with Gasteiger partial charge in [0.05, 0.1) is 17.7 Å². The molecule has 0 saturated heterocycles. The van der Waals surface area contributed by atoms with E-state index >= 15 is 0 Å². The average molecular weight is 265 g/mol. The third-order valence-corrected chi connectivity index (χ3v) is 2.82. The molecule has 0 radical (unpaired) electrons.